The third kappa shape index (κ3) is 5.38. The first-order valence-electron chi connectivity index (χ1n) is 5.80. The van der Waals surface area contributed by atoms with Gasteiger partial charge in [0.1, 0.15) is 5.82 Å². The predicted molar refractivity (Wildman–Crippen MR) is 84.0 cm³/mol. The van der Waals surface area contributed by atoms with Crippen molar-refractivity contribution in [2.24, 2.45) is 5.73 Å². The molecule has 2 aromatic rings. The highest BCUT2D eigenvalue weighted by Gasteiger charge is 2.02. The zero-order valence-corrected chi connectivity index (χ0v) is 12.3. The number of primary amides is 1. The molecule has 106 valence electrons. The predicted octanol–water partition coefficient (Wildman–Crippen LogP) is 2.11. The molecule has 1 amide bonds. The van der Waals surface area contributed by atoms with E-state index in [1.807, 2.05) is 42.5 Å². The Morgan fingerprint density at radius 3 is 2.80 bits per heavy atom. The standard InChI is InChI=1S/C13H14N4OS.ClH/c14-11(18)9-15-13-16-12(17-19-13)8-4-7-10-5-2-1-3-6-10;/h1-7H,8-9H2,(H2,14,18)(H,15,16,17);1H/b7-4+;. The average molecular weight is 311 g/mol. The molecule has 0 spiro atoms. The molecule has 0 aliphatic carbocycles. The second-order valence-electron chi connectivity index (χ2n) is 3.85. The molecular formula is C13H15ClN4OS. The van der Waals surface area contributed by atoms with Crippen molar-refractivity contribution in [3.05, 3.63) is 47.8 Å². The summed E-state index contributed by atoms with van der Waals surface area (Å²) in [5.74, 6) is 0.310. The molecule has 1 aromatic carbocycles. The van der Waals surface area contributed by atoms with Crippen LogP contribution in [0.1, 0.15) is 11.4 Å². The van der Waals surface area contributed by atoms with Crippen molar-refractivity contribution < 1.29 is 4.79 Å². The summed E-state index contributed by atoms with van der Waals surface area (Å²) in [6.07, 6.45) is 4.69. The quantitative estimate of drug-likeness (QED) is 0.856. The van der Waals surface area contributed by atoms with Gasteiger partial charge in [-0.25, -0.2) is 4.98 Å². The lowest BCUT2D eigenvalue weighted by Crippen LogP contribution is -2.21. The molecule has 1 heterocycles. The third-order valence-corrected chi connectivity index (χ3v) is 3.00. The minimum atomic E-state index is -0.416. The minimum Gasteiger partial charge on any atom is -0.368 e. The average Bonchev–Trinajstić information content (AvgIpc) is 2.86. The van der Waals surface area contributed by atoms with Gasteiger partial charge in [0.25, 0.3) is 0 Å². The highest BCUT2D eigenvalue weighted by atomic mass is 35.5. The molecule has 0 fully saturated rings. The van der Waals surface area contributed by atoms with E-state index in [2.05, 4.69) is 14.7 Å². The van der Waals surface area contributed by atoms with E-state index in [0.717, 1.165) is 11.4 Å². The molecule has 20 heavy (non-hydrogen) atoms. The summed E-state index contributed by atoms with van der Waals surface area (Å²) in [5, 5.41) is 3.43. The van der Waals surface area contributed by atoms with Gasteiger partial charge in [0.15, 0.2) is 0 Å². The number of nitrogens with zero attached hydrogens (tertiary/aromatic N) is 2. The highest BCUT2D eigenvalue weighted by Crippen LogP contribution is 2.11. The molecule has 0 aliphatic rings. The Balaban J connectivity index is 0.00000200. The molecule has 0 radical (unpaired) electrons. The van der Waals surface area contributed by atoms with E-state index < -0.39 is 5.91 Å². The van der Waals surface area contributed by atoms with Crippen LogP contribution in [-0.2, 0) is 11.2 Å². The molecule has 3 N–H and O–H groups in total. The lowest BCUT2D eigenvalue weighted by Gasteiger charge is -1.95. The molecule has 0 aliphatic heterocycles. The van der Waals surface area contributed by atoms with E-state index in [-0.39, 0.29) is 19.0 Å². The van der Waals surface area contributed by atoms with Crippen molar-refractivity contribution in [2.75, 3.05) is 11.9 Å². The van der Waals surface area contributed by atoms with Crippen molar-refractivity contribution in [3.8, 4) is 0 Å². The summed E-state index contributed by atoms with van der Waals surface area (Å²) < 4.78 is 4.19. The SMILES string of the molecule is Cl.NC(=O)CNc1nc(C/C=C/c2ccccc2)ns1. The molecule has 0 atom stereocenters. The number of hydrogen-bond donors (Lipinski definition) is 2. The first-order valence-corrected chi connectivity index (χ1v) is 6.58. The minimum absolute atomic E-state index is 0. The van der Waals surface area contributed by atoms with Crippen molar-refractivity contribution in [3.63, 3.8) is 0 Å². The van der Waals surface area contributed by atoms with Gasteiger partial charge < -0.3 is 11.1 Å². The van der Waals surface area contributed by atoms with Gasteiger partial charge in [-0.2, -0.15) is 4.37 Å². The van der Waals surface area contributed by atoms with Crippen molar-refractivity contribution in [1.29, 1.82) is 0 Å². The Labute approximate surface area is 127 Å². The van der Waals surface area contributed by atoms with E-state index in [1.165, 1.54) is 11.5 Å². The maximum absolute atomic E-state index is 10.6. The fourth-order valence-corrected chi connectivity index (χ4v) is 2.03. The second kappa shape index (κ2) is 8.29. The number of allylic oxidation sites excluding steroid dienone is 1. The molecule has 0 unspecified atom stereocenters. The van der Waals surface area contributed by atoms with Gasteiger partial charge in [-0.05, 0) is 5.56 Å². The third-order valence-electron chi connectivity index (χ3n) is 2.29. The Morgan fingerprint density at radius 1 is 1.35 bits per heavy atom. The zero-order valence-electron chi connectivity index (χ0n) is 10.7. The smallest absolute Gasteiger partial charge is 0.236 e. The van der Waals surface area contributed by atoms with Gasteiger partial charge >= 0.3 is 0 Å². The molecule has 2 rings (SSSR count). The Kier molecular flexibility index (Phi) is 6.69. The number of carbonyl (C=O) groups excluding carboxylic acids is 1. The first-order chi connectivity index (χ1) is 9.24. The summed E-state index contributed by atoms with van der Waals surface area (Å²) in [6.45, 7) is 0.0779. The maximum atomic E-state index is 10.6. The van der Waals surface area contributed by atoms with Gasteiger partial charge in [-0.1, -0.05) is 42.5 Å². The van der Waals surface area contributed by atoms with Gasteiger partial charge in [0.05, 0.1) is 6.54 Å². The summed E-state index contributed by atoms with van der Waals surface area (Å²) in [4.78, 5) is 14.9. The molecule has 0 saturated heterocycles. The van der Waals surface area contributed by atoms with E-state index in [0.29, 0.717) is 11.6 Å². The van der Waals surface area contributed by atoms with Crippen molar-refractivity contribution >= 4 is 41.1 Å². The van der Waals surface area contributed by atoms with Gasteiger partial charge in [-0.15, -0.1) is 12.4 Å². The molecular weight excluding hydrogens is 296 g/mol. The molecule has 0 bridgehead atoms. The van der Waals surface area contributed by atoms with Crippen molar-refractivity contribution in [1.82, 2.24) is 9.36 Å². The number of aromatic nitrogens is 2. The maximum Gasteiger partial charge on any atom is 0.236 e. The van der Waals surface area contributed by atoms with Crippen LogP contribution in [0.3, 0.4) is 0 Å². The fourth-order valence-electron chi connectivity index (χ4n) is 1.44. The highest BCUT2D eigenvalue weighted by molar-refractivity contribution is 7.09. The fraction of sp³-hybridized carbons (Fsp3) is 0.154. The number of nitrogens with one attached hydrogen (secondary N) is 1. The van der Waals surface area contributed by atoms with Crippen LogP contribution >= 0.6 is 23.9 Å². The number of rotatable bonds is 6. The van der Waals surface area contributed by atoms with E-state index in [4.69, 9.17) is 5.73 Å². The zero-order chi connectivity index (χ0) is 13.5. The number of nitrogens with two attached hydrogens (primary N) is 1. The van der Waals surface area contributed by atoms with Crippen LogP contribution in [0, 0.1) is 0 Å². The van der Waals surface area contributed by atoms with Gasteiger partial charge in [-0.3, -0.25) is 4.79 Å². The molecule has 7 heteroatoms. The van der Waals surface area contributed by atoms with Crippen LogP contribution in [-0.4, -0.2) is 21.8 Å². The lowest BCUT2D eigenvalue weighted by atomic mass is 10.2. The first kappa shape index (κ1) is 16.1. The van der Waals surface area contributed by atoms with Crippen LogP contribution in [0.15, 0.2) is 36.4 Å². The molecule has 0 saturated carbocycles. The monoisotopic (exact) mass is 310 g/mol. The van der Waals surface area contributed by atoms with E-state index in [9.17, 15) is 4.79 Å². The summed E-state index contributed by atoms with van der Waals surface area (Å²) in [5.41, 5.74) is 6.18. The molecule has 1 aromatic heterocycles. The van der Waals surface area contributed by atoms with Gasteiger partial charge in [0, 0.05) is 18.0 Å². The van der Waals surface area contributed by atoms with Gasteiger partial charge in [0.2, 0.25) is 11.0 Å². The Bertz CT molecular complexity index is 571. The van der Waals surface area contributed by atoms with Crippen LogP contribution in [0.2, 0.25) is 0 Å². The number of halogens is 1. The number of anilines is 1. The number of benzene rings is 1. The molecule has 5 nitrogen and oxygen atoms in total. The topological polar surface area (TPSA) is 80.9 Å². The van der Waals surface area contributed by atoms with Crippen LogP contribution in [0.5, 0.6) is 0 Å². The number of amides is 1. The Morgan fingerprint density at radius 2 is 2.10 bits per heavy atom. The summed E-state index contributed by atoms with van der Waals surface area (Å²) >= 11 is 1.22. The largest absolute Gasteiger partial charge is 0.368 e. The number of carbonyl (C=O) groups is 1. The second-order valence-corrected chi connectivity index (χ2v) is 4.60. The normalized spacial score (nSPS) is 10.2. The van der Waals surface area contributed by atoms with Crippen LogP contribution < -0.4 is 11.1 Å². The summed E-state index contributed by atoms with van der Waals surface area (Å²) in [7, 11) is 0. The van der Waals surface area contributed by atoms with E-state index >= 15 is 0 Å². The van der Waals surface area contributed by atoms with Crippen LogP contribution in [0.25, 0.3) is 6.08 Å². The van der Waals surface area contributed by atoms with E-state index in [1.54, 1.807) is 0 Å². The number of hydrogen-bond acceptors (Lipinski definition) is 5. The Hall–Kier alpha value is -1.92. The van der Waals surface area contributed by atoms with Crippen molar-refractivity contribution in [2.45, 2.75) is 6.42 Å². The lowest BCUT2D eigenvalue weighted by molar-refractivity contribution is -0.116. The van der Waals surface area contributed by atoms with Crippen LogP contribution in [0.4, 0.5) is 5.13 Å². The summed E-state index contributed by atoms with van der Waals surface area (Å²) in [6, 6.07) is 10.0.